The number of carbonyl (C=O) groups is 1. The third-order valence-corrected chi connectivity index (χ3v) is 6.93. The van der Waals surface area contributed by atoms with E-state index in [1.807, 2.05) is 6.92 Å². The molecule has 1 N–H and O–H groups in total. The molecular weight excluding hydrogens is 444 g/mol. The molecule has 30 heavy (non-hydrogen) atoms. The summed E-state index contributed by atoms with van der Waals surface area (Å²) < 4.78 is 34.0. The molecule has 3 rings (SSSR count). The minimum atomic E-state index is -3.86. The van der Waals surface area contributed by atoms with Crippen molar-refractivity contribution in [3.8, 4) is 11.8 Å². The number of thiazole rings is 1. The van der Waals surface area contributed by atoms with Crippen LogP contribution in [0.1, 0.15) is 29.8 Å². The number of esters is 1. The van der Waals surface area contributed by atoms with Crippen LogP contribution >= 0.6 is 22.9 Å². The minimum Gasteiger partial charge on any atom is -0.469 e. The number of anilines is 1. The highest BCUT2D eigenvalue weighted by Gasteiger charge is 2.20. The highest BCUT2D eigenvalue weighted by molar-refractivity contribution is 7.93. The monoisotopic (exact) mass is 462 g/mol. The summed E-state index contributed by atoms with van der Waals surface area (Å²) >= 11 is 7.40. The van der Waals surface area contributed by atoms with E-state index >= 15 is 0 Å². The van der Waals surface area contributed by atoms with Gasteiger partial charge < -0.3 is 4.74 Å². The molecule has 0 bridgehead atoms. The number of carbonyl (C=O) groups excluding carboxylic acids is 1. The lowest BCUT2D eigenvalue weighted by Gasteiger charge is -2.11. The van der Waals surface area contributed by atoms with Crippen molar-refractivity contribution in [2.75, 3.05) is 11.8 Å². The molecule has 0 unspecified atom stereocenters. The summed E-state index contributed by atoms with van der Waals surface area (Å²) in [7, 11) is -2.52. The number of methoxy groups -OCH3 is 1. The molecule has 9 heteroatoms. The molecule has 0 saturated carbocycles. The van der Waals surface area contributed by atoms with Crippen LogP contribution < -0.4 is 4.72 Å². The maximum absolute atomic E-state index is 13.1. The summed E-state index contributed by atoms with van der Waals surface area (Å²) in [5.41, 5.74) is 1.43. The summed E-state index contributed by atoms with van der Waals surface area (Å²) in [4.78, 5) is 15.7. The van der Waals surface area contributed by atoms with Crippen LogP contribution in [0.25, 0.3) is 10.2 Å². The topological polar surface area (TPSA) is 85.4 Å². The molecule has 1 heterocycles. The Morgan fingerprint density at radius 1 is 1.30 bits per heavy atom. The largest absolute Gasteiger partial charge is 0.469 e. The summed E-state index contributed by atoms with van der Waals surface area (Å²) in [5, 5.41) is 1.23. The zero-order valence-electron chi connectivity index (χ0n) is 16.4. The molecule has 0 spiro atoms. The molecule has 0 atom stereocenters. The van der Waals surface area contributed by atoms with Crippen LogP contribution in [0.15, 0.2) is 41.3 Å². The average molecular weight is 463 g/mol. The normalized spacial score (nSPS) is 11.0. The van der Waals surface area contributed by atoms with Crippen molar-refractivity contribution in [3.05, 3.63) is 52.0 Å². The Kier molecular flexibility index (Phi) is 6.98. The van der Waals surface area contributed by atoms with E-state index in [0.29, 0.717) is 39.3 Å². The number of aryl methyl sites for hydroxylation is 1. The summed E-state index contributed by atoms with van der Waals surface area (Å²) in [6.45, 7) is 1.83. The van der Waals surface area contributed by atoms with Crippen molar-refractivity contribution < 1.29 is 17.9 Å². The summed E-state index contributed by atoms with van der Waals surface area (Å²) in [5.74, 6) is 5.59. The maximum atomic E-state index is 13.1. The first-order chi connectivity index (χ1) is 14.3. The number of nitrogens with zero attached hydrogens (tertiary/aromatic N) is 1. The van der Waals surface area contributed by atoms with Crippen LogP contribution in [-0.4, -0.2) is 26.5 Å². The number of halogens is 1. The van der Waals surface area contributed by atoms with Crippen molar-refractivity contribution in [1.29, 1.82) is 0 Å². The van der Waals surface area contributed by atoms with E-state index in [2.05, 4.69) is 26.3 Å². The van der Waals surface area contributed by atoms with Gasteiger partial charge in [-0.1, -0.05) is 29.5 Å². The lowest BCUT2D eigenvalue weighted by molar-refractivity contribution is -0.140. The molecule has 0 aliphatic carbocycles. The highest BCUT2D eigenvalue weighted by Crippen LogP contribution is 2.30. The van der Waals surface area contributed by atoms with Crippen LogP contribution in [0, 0.1) is 18.8 Å². The number of hydrogen-bond donors (Lipinski definition) is 1. The van der Waals surface area contributed by atoms with Gasteiger partial charge in [-0.25, -0.2) is 13.4 Å². The Morgan fingerprint density at radius 2 is 2.10 bits per heavy atom. The van der Waals surface area contributed by atoms with E-state index in [9.17, 15) is 13.2 Å². The number of benzene rings is 2. The van der Waals surface area contributed by atoms with Gasteiger partial charge in [0.2, 0.25) is 0 Å². The lowest BCUT2D eigenvalue weighted by atomic mass is 10.1. The molecule has 3 aromatic rings. The number of unbranched alkanes of at least 4 members (excludes halogenated alkanes) is 1. The van der Waals surface area contributed by atoms with Crippen LogP contribution in [0.2, 0.25) is 5.02 Å². The number of sulfonamides is 1. The number of aromatic nitrogens is 1. The van der Waals surface area contributed by atoms with Crippen molar-refractivity contribution in [1.82, 2.24) is 4.98 Å². The second kappa shape index (κ2) is 9.47. The predicted octanol–water partition coefficient (Wildman–Crippen LogP) is 4.75. The number of ether oxygens (including phenoxy) is 1. The van der Waals surface area contributed by atoms with E-state index < -0.39 is 10.0 Å². The summed E-state index contributed by atoms with van der Waals surface area (Å²) in [6.07, 6.45) is 1.29. The molecule has 0 radical (unpaired) electrons. The van der Waals surface area contributed by atoms with Gasteiger partial charge in [0.1, 0.15) is 4.90 Å². The zero-order chi connectivity index (χ0) is 21.7. The Bertz CT molecular complexity index is 1260. The minimum absolute atomic E-state index is 0.164. The van der Waals surface area contributed by atoms with E-state index in [0.717, 1.165) is 5.01 Å². The van der Waals surface area contributed by atoms with Crippen LogP contribution in [0.4, 0.5) is 5.69 Å². The van der Waals surface area contributed by atoms with Gasteiger partial charge in [0.05, 0.1) is 33.6 Å². The summed E-state index contributed by atoms with van der Waals surface area (Å²) in [6, 6.07) is 9.78. The van der Waals surface area contributed by atoms with E-state index in [1.165, 1.54) is 18.4 Å². The fourth-order valence-electron chi connectivity index (χ4n) is 2.74. The van der Waals surface area contributed by atoms with E-state index in [4.69, 9.17) is 11.6 Å². The molecule has 0 amide bonds. The number of fused-ring (bicyclic) bond motifs is 1. The molecular formula is C21H19ClN2O4S2. The standard InChI is InChI=1S/C21H19ClN2O4S2/c1-14-23-18-8-6-9-19(21(18)29-14)30(26,27)24-17-12-11-16(22)13-15(17)7-4-3-5-10-20(25)28-2/h6,8-9,11-13,24H,3,5,10H2,1-2H3. The highest BCUT2D eigenvalue weighted by atomic mass is 35.5. The Morgan fingerprint density at radius 3 is 2.87 bits per heavy atom. The Labute approximate surface area is 184 Å². The molecule has 0 aliphatic heterocycles. The van der Waals surface area contributed by atoms with Gasteiger partial charge in [-0.15, -0.1) is 11.3 Å². The molecule has 0 fully saturated rings. The fourth-order valence-corrected chi connectivity index (χ4v) is 5.37. The number of nitrogens with one attached hydrogen (secondary N) is 1. The van der Waals surface area contributed by atoms with Gasteiger partial charge >= 0.3 is 5.97 Å². The second-order valence-corrected chi connectivity index (χ2v) is 9.65. The van der Waals surface area contributed by atoms with Crippen molar-refractivity contribution in [2.24, 2.45) is 0 Å². The predicted molar refractivity (Wildman–Crippen MR) is 119 cm³/mol. The first-order valence-corrected chi connectivity index (χ1v) is 11.7. The number of rotatable bonds is 6. The number of hydrogen-bond acceptors (Lipinski definition) is 6. The van der Waals surface area contributed by atoms with Crippen LogP contribution in [0.5, 0.6) is 0 Å². The van der Waals surface area contributed by atoms with Gasteiger partial charge in [0.15, 0.2) is 0 Å². The molecule has 156 valence electrons. The molecule has 2 aromatic carbocycles. The fraction of sp³-hybridized carbons (Fsp3) is 0.238. The van der Waals surface area contributed by atoms with Crippen molar-refractivity contribution in [2.45, 2.75) is 31.1 Å². The quantitative estimate of drug-likeness (QED) is 0.324. The van der Waals surface area contributed by atoms with E-state index in [-0.39, 0.29) is 17.3 Å². The Hall–Kier alpha value is -2.60. The van der Waals surface area contributed by atoms with Gasteiger partial charge in [-0.3, -0.25) is 9.52 Å². The van der Waals surface area contributed by atoms with E-state index in [1.54, 1.807) is 36.4 Å². The smallest absolute Gasteiger partial charge is 0.305 e. The average Bonchev–Trinajstić information content (AvgIpc) is 3.09. The van der Waals surface area contributed by atoms with Crippen molar-refractivity contribution in [3.63, 3.8) is 0 Å². The molecule has 6 nitrogen and oxygen atoms in total. The molecule has 0 aliphatic rings. The third kappa shape index (κ3) is 5.30. The first-order valence-electron chi connectivity index (χ1n) is 9.04. The van der Waals surface area contributed by atoms with Gasteiger partial charge in [-0.2, -0.15) is 0 Å². The van der Waals surface area contributed by atoms with Crippen LogP contribution in [-0.2, 0) is 19.6 Å². The molecule has 0 saturated heterocycles. The second-order valence-electron chi connectivity index (χ2n) is 6.36. The first kappa shape index (κ1) is 22.1. The lowest BCUT2D eigenvalue weighted by Crippen LogP contribution is -2.14. The van der Waals surface area contributed by atoms with Crippen LogP contribution in [0.3, 0.4) is 0 Å². The van der Waals surface area contributed by atoms with Crippen molar-refractivity contribution >= 4 is 54.8 Å². The van der Waals surface area contributed by atoms with Gasteiger partial charge in [0.25, 0.3) is 10.0 Å². The zero-order valence-corrected chi connectivity index (χ0v) is 18.7. The maximum Gasteiger partial charge on any atom is 0.305 e. The van der Waals surface area contributed by atoms with Gasteiger partial charge in [-0.05, 0) is 43.7 Å². The van der Waals surface area contributed by atoms with Gasteiger partial charge in [0, 0.05) is 17.9 Å². The molecule has 1 aromatic heterocycles. The SMILES string of the molecule is COC(=O)CCCC#Cc1cc(Cl)ccc1NS(=O)(=O)c1cccc2nc(C)sc12. The third-order valence-electron chi connectivity index (χ3n) is 4.13. The Balaban J connectivity index is 1.86.